The lowest BCUT2D eigenvalue weighted by molar-refractivity contribution is 0.0812. The van der Waals surface area contributed by atoms with Crippen LogP contribution in [0.3, 0.4) is 0 Å². The average Bonchev–Trinajstić information content (AvgIpc) is 2.51. The maximum atomic E-state index is 12.5. The van der Waals surface area contributed by atoms with E-state index in [9.17, 15) is 9.90 Å². The number of nitrogens with one attached hydrogen (secondary N) is 1. The third-order valence-electron chi connectivity index (χ3n) is 3.69. The number of hydrogen-bond acceptors (Lipinski definition) is 4. The minimum Gasteiger partial charge on any atom is -0.496 e. The highest BCUT2D eigenvalue weighted by Gasteiger charge is 2.30. The molecule has 0 atom stereocenters. The molecule has 0 unspecified atom stereocenters. The lowest BCUT2D eigenvalue weighted by Crippen LogP contribution is -2.50. The predicted octanol–water partition coefficient (Wildman–Crippen LogP) is 1.98. The van der Waals surface area contributed by atoms with Crippen molar-refractivity contribution in [2.75, 3.05) is 20.8 Å². The summed E-state index contributed by atoms with van der Waals surface area (Å²) >= 11 is 0. The van der Waals surface area contributed by atoms with Gasteiger partial charge in [0.1, 0.15) is 17.1 Å². The molecule has 2 N–H and O–H groups in total. The first-order valence-electron chi connectivity index (χ1n) is 6.71. The van der Waals surface area contributed by atoms with Gasteiger partial charge in [-0.3, -0.25) is 4.79 Å². The van der Waals surface area contributed by atoms with Crippen LogP contribution in [-0.4, -0.2) is 37.4 Å². The van der Waals surface area contributed by atoms with Gasteiger partial charge in [0.25, 0.3) is 5.91 Å². The number of benzene rings is 1. The second-order valence-corrected chi connectivity index (χ2v) is 4.64. The van der Waals surface area contributed by atoms with E-state index in [-0.39, 0.29) is 12.5 Å². The van der Waals surface area contributed by atoms with Crippen molar-refractivity contribution in [1.82, 2.24) is 5.32 Å². The fourth-order valence-corrected chi connectivity index (χ4v) is 2.07. The number of rotatable bonds is 7. The fraction of sp³-hybridized carbons (Fsp3) is 0.533. The molecule has 0 aliphatic carbocycles. The molecule has 0 saturated heterocycles. The summed E-state index contributed by atoms with van der Waals surface area (Å²) in [6, 6.07) is 5.17. The molecular formula is C15H23NO4. The molecule has 5 heteroatoms. The molecule has 1 rings (SSSR count). The van der Waals surface area contributed by atoms with E-state index < -0.39 is 5.54 Å². The van der Waals surface area contributed by atoms with Crippen LogP contribution >= 0.6 is 0 Å². The van der Waals surface area contributed by atoms with Crippen LogP contribution in [0.4, 0.5) is 0 Å². The first kappa shape index (κ1) is 16.3. The Morgan fingerprint density at radius 1 is 1.20 bits per heavy atom. The van der Waals surface area contributed by atoms with Crippen molar-refractivity contribution in [1.29, 1.82) is 0 Å². The molecule has 0 heterocycles. The second kappa shape index (κ2) is 7.14. The summed E-state index contributed by atoms with van der Waals surface area (Å²) in [6.07, 6.45) is 1.28. The molecule has 112 valence electrons. The summed E-state index contributed by atoms with van der Waals surface area (Å²) in [6.45, 7) is 3.75. The van der Waals surface area contributed by atoms with Gasteiger partial charge in [0.2, 0.25) is 0 Å². The van der Waals surface area contributed by atoms with Crippen LogP contribution in [0.15, 0.2) is 18.2 Å². The highest BCUT2D eigenvalue weighted by atomic mass is 16.5. The number of carbonyl (C=O) groups is 1. The monoisotopic (exact) mass is 281 g/mol. The Morgan fingerprint density at radius 2 is 1.70 bits per heavy atom. The number of amides is 1. The van der Waals surface area contributed by atoms with Crippen molar-refractivity contribution in [3.8, 4) is 11.5 Å². The van der Waals surface area contributed by atoms with Crippen molar-refractivity contribution in [2.45, 2.75) is 32.2 Å². The van der Waals surface area contributed by atoms with Gasteiger partial charge >= 0.3 is 0 Å². The number of hydrogen-bond donors (Lipinski definition) is 2. The number of methoxy groups -OCH3 is 2. The van der Waals surface area contributed by atoms with Crippen molar-refractivity contribution in [2.24, 2.45) is 0 Å². The molecule has 0 aliphatic heterocycles. The molecule has 0 radical (unpaired) electrons. The number of aliphatic hydroxyl groups excluding tert-OH is 1. The third kappa shape index (κ3) is 3.22. The van der Waals surface area contributed by atoms with Crippen LogP contribution in [0.2, 0.25) is 0 Å². The van der Waals surface area contributed by atoms with Crippen LogP contribution in [-0.2, 0) is 0 Å². The molecular weight excluding hydrogens is 258 g/mol. The summed E-state index contributed by atoms with van der Waals surface area (Å²) in [4.78, 5) is 12.5. The topological polar surface area (TPSA) is 67.8 Å². The zero-order chi connectivity index (χ0) is 15.2. The summed E-state index contributed by atoms with van der Waals surface area (Å²) in [5.74, 6) is 0.582. The number of carbonyl (C=O) groups excluding carboxylic acids is 1. The maximum absolute atomic E-state index is 12.5. The zero-order valence-electron chi connectivity index (χ0n) is 12.5. The molecule has 1 amide bonds. The molecule has 0 bridgehead atoms. The van der Waals surface area contributed by atoms with Gasteiger partial charge in [-0.05, 0) is 25.0 Å². The molecule has 5 nitrogen and oxygen atoms in total. The van der Waals surface area contributed by atoms with Crippen molar-refractivity contribution in [3.05, 3.63) is 23.8 Å². The van der Waals surface area contributed by atoms with Gasteiger partial charge in [0.05, 0.1) is 26.4 Å². The van der Waals surface area contributed by atoms with Crippen molar-refractivity contribution >= 4 is 5.91 Å². The standard InChI is InChI=1S/C15H23NO4/c1-5-15(6-2,10-17)16-14(18)13-11(19-3)8-7-9-12(13)20-4/h7-9,17H,5-6,10H2,1-4H3,(H,16,18). The lowest BCUT2D eigenvalue weighted by atomic mass is 9.93. The summed E-state index contributed by atoms with van der Waals surface area (Å²) < 4.78 is 10.4. The van der Waals surface area contributed by atoms with Crippen LogP contribution in [0.25, 0.3) is 0 Å². The highest BCUT2D eigenvalue weighted by Crippen LogP contribution is 2.29. The van der Waals surface area contributed by atoms with E-state index in [1.165, 1.54) is 14.2 Å². The van der Waals surface area contributed by atoms with Gasteiger partial charge in [-0.1, -0.05) is 19.9 Å². The molecule has 0 saturated carbocycles. The van der Waals surface area contributed by atoms with Gasteiger partial charge in [-0.25, -0.2) is 0 Å². The molecule has 0 aliphatic rings. The summed E-state index contributed by atoms with van der Waals surface area (Å²) in [5, 5.41) is 12.4. The lowest BCUT2D eigenvalue weighted by Gasteiger charge is -2.31. The van der Waals surface area contributed by atoms with Gasteiger partial charge in [0.15, 0.2) is 0 Å². The van der Waals surface area contributed by atoms with Crippen LogP contribution in [0.1, 0.15) is 37.0 Å². The van der Waals surface area contributed by atoms with Gasteiger partial charge in [0, 0.05) is 0 Å². The molecule has 0 spiro atoms. The maximum Gasteiger partial charge on any atom is 0.259 e. The Labute approximate surface area is 119 Å². The van der Waals surface area contributed by atoms with E-state index in [2.05, 4.69) is 5.32 Å². The smallest absolute Gasteiger partial charge is 0.259 e. The molecule has 20 heavy (non-hydrogen) atoms. The Bertz CT molecular complexity index is 425. The van der Waals surface area contributed by atoms with Crippen LogP contribution in [0, 0.1) is 0 Å². The van der Waals surface area contributed by atoms with Crippen LogP contribution < -0.4 is 14.8 Å². The summed E-state index contributed by atoms with van der Waals surface area (Å²) in [5.41, 5.74) is -0.277. The SMILES string of the molecule is CCC(CC)(CO)NC(=O)c1c(OC)cccc1OC. The van der Waals surface area contributed by atoms with Crippen LogP contribution in [0.5, 0.6) is 11.5 Å². The first-order valence-corrected chi connectivity index (χ1v) is 6.71. The first-order chi connectivity index (χ1) is 9.57. The molecule has 1 aromatic carbocycles. The quantitative estimate of drug-likeness (QED) is 0.802. The minimum atomic E-state index is -0.622. The number of ether oxygens (including phenoxy) is 2. The molecule has 1 aromatic rings. The van der Waals surface area contributed by atoms with E-state index in [1.54, 1.807) is 18.2 Å². The Hall–Kier alpha value is -1.75. The minimum absolute atomic E-state index is 0.108. The van der Waals surface area contributed by atoms with E-state index in [1.807, 2.05) is 13.8 Å². The number of aliphatic hydroxyl groups is 1. The molecule has 0 fully saturated rings. The van der Waals surface area contributed by atoms with E-state index in [0.29, 0.717) is 29.9 Å². The third-order valence-corrected chi connectivity index (χ3v) is 3.69. The Morgan fingerprint density at radius 3 is 2.05 bits per heavy atom. The highest BCUT2D eigenvalue weighted by molar-refractivity contribution is 6.00. The second-order valence-electron chi connectivity index (χ2n) is 4.64. The van der Waals surface area contributed by atoms with E-state index in [0.717, 1.165) is 0 Å². The van der Waals surface area contributed by atoms with E-state index in [4.69, 9.17) is 9.47 Å². The van der Waals surface area contributed by atoms with Gasteiger partial charge in [-0.15, -0.1) is 0 Å². The molecule has 0 aromatic heterocycles. The van der Waals surface area contributed by atoms with E-state index >= 15 is 0 Å². The van der Waals surface area contributed by atoms with Gasteiger partial charge in [-0.2, -0.15) is 0 Å². The fourth-order valence-electron chi connectivity index (χ4n) is 2.07. The largest absolute Gasteiger partial charge is 0.496 e. The van der Waals surface area contributed by atoms with Crippen molar-refractivity contribution < 1.29 is 19.4 Å². The summed E-state index contributed by atoms with van der Waals surface area (Å²) in [7, 11) is 3.01. The van der Waals surface area contributed by atoms with Gasteiger partial charge < -0.3 is 19.9 Å². The Kier molecular flexibility index (Phi) is 5.82. The predicted molar refractivity (Wildman–Crippen MR) is 77.4 cm³/mol. The normalized spacial score (nSPS) is 11.1. The average molecular weight is 281 g/mol. The zero-order valence-corrected chi connectivity index (χ0v) is 12.5. The Balaban J connectivity index is 3.14. The van der Waals surface area contributed by atoms with Crippen molar-refractivity contribution in [3.63, 3.8) is 0 Å².